The lowest BCUT2D eigenvalue weighted by Gasteiger charge is -2.05. The van der Waals surface area contributed by atoms with Gasteiger partial charge in [-0.3, -0.25) is 0 Å². The predicted octanol–water partition coefficient (Wildman–Crippen LogP) is 0.969. The van der Waals surface area contributed by atoms with E-state index in [1.807, 2.05) is 12.1 Å². The number of aromatic nitrogens is 5. The zero-order valence-electron chi connectivity index (χ0n) is 9.05. The van der Waals surface area contributed by atoms with Crippen LogP contribution >= 0.6 is 11.6 Å². The highest BCUT2D eigenvalue weighted by molar-refractivity contribution is 6.28. The molecule has 2 aromatic heterocycles. The van der Waals surface area contributed by atoms with Gasteiger partial charge in [-0.15, -0.1) is 0 Å². The fraction of sp³-hybridized carbons (Fsp3) is 0.222. The van der Waals surface area contributed by atoms with Gasteiger partial charge in [0.15, 0.2) is 0 Å². The second kappa shape index (κ2) is 5.35. The van der Waals surface area contributed by atoms with E-state index in [4.69, 9.17) is 11.6 Å². The monoisotopic (exact) mass is 251 g/mol. The Morgan fingerprint density at radius 1 is 1.24 bits per heavy atom. The molecule has 0 saturated carbocycles. The van der Waals surface area contributed by atoms with E-state index >= 15 is 0 Å². The molecule has 88 valence electrons. The van der Waals surface area contributed by atoms with Crippen molar-refractivity contribution in [1.29, 1.82) is 0 Å². The summed E-state index contributed by atoms with van der Waals surface area (Å²) in [6.45, 7) is 0.470. The van der Waals surface area contributed by atoms with Gasteiger partial charge in [-0.25, -0.2) is 0 Å². The predicted molar refractivity (Wildman–Crippen MR) is 63.7 cm³/mol. The van der Waals surface area contributed by atoms with Crippen LogP contribution in [0.25, 0.3) is 0 Å². The SMILES string of the molecule is CNc1nc(Cl)nc(NCc2cccnn2)n1. The van der Waals surface area contributed by atoms with Gasteiger partial charge in [0.2, 0.25) is 17.2 Å². The van der Waals surface area contributed by atoms with Crippen LogP contribution in [0.1, 0.15) is 5.69 Å². The highest BCUT2D eigenvalue weighted by Crippen LogP contribution is 2.09. The van der Waals surface area contributed by atoms with Gasteiger partial charge in [0.1, 0.15) is 0 Å². The van der Waals surface area contributed by atoms with Gasteiger partial charge in [-0.05, 0) is 23.7 Å². The summed E-state index contributed by atoms with van der Waals surface area (Å²) in [4.78, 5) is 11.9. The van der Waals surface area contributed by atoms with E-state index < -0.39 is 0 Å². The van der Waals surface area contributed by atoms with Gasteiger partial charge in [-0.2, -0.15) is 25.1 Å². The second-order valence-electron chi connectivity index (χ2n) is 3.07. The lowest BCUT2D eigenvalue weighted by atomic mass is 10.4. The third-order valence-electron chi connectivity index (χ3n) is 1.89. The minimum atomic E-state index is 0.131. The summed E-state index contributed by atoms with van der Waals surface area (Å²) in [6, 6.07) is 3.66. The molecule has 2 rings (SSSR count). The third kappa shape index (κ3) is 3.22. The van der Waals surface area contributed by atoms with E-state index in [-0.39, 0.29) is 5.28 Å². The molecule has 0 aromatic carbocycles. The summed E-state index contributed by atoms with van der Waals surface area (Å²) in [7, 11) is 1.71. The molecule has 2 aromatic rings. The Balaban J connectivity index is 2.06. The zero-order chi connectivity index (χ0) is 12.1. The highest BCUT2D eigenvalue weighted by Gasteiger charge is 2.03. The number of halogens is 1. The number of nitrogens with one attached hydrogen (secondary N) is 2. The molecule has 8 heteroatoms. The first-order valence-corrected chi connectivity index (χ1v) is 5.25. The van der Waals surface area contributed by atoms with Crippen molar-refractivity contribution in [2.24, 2.45) is 0 Å². The van der Waals surface area contributed by atoms with Crippen molar-refractivity contribution in [3.63, 3.8) is 0 Å². The van der Waals surface area contributed by atoms with Gasteiger partial charge in [0.05, 0.1) is 12.2 Å². The lowest BCUT2D eigenvalue weighted by molar-refractivity contribution is 0.908. The van der Waals surface area contributed by atoms with Crippen LogP contribution in [0.3, 0.4) is 0 Å². The van der Waals surface area contributed by atoms with Crippen LogP contribution in [-0.4, -0.2) is 32.2 Å². The summed E-state index contributed by atoms with van der Waals surface area (Å²) < 4.78 is 0. The first-order chi connectivity index (χ1) is 8.28. The fourth-order valence-electron chi connectivity index (χ4n) is 1.14. The van der Waals surface area contributed by atoms with Crippen molar-refractivity contribution in [2.45, 2.75) is 6.54 Å². The molecule has 0 saturated heterocycles. The maximum absolute atomic E-state index is 5.74. The van der Waals surface area contributed by atoms with E-state index in [1.165, 1.54) is 0 Å². The third-order valence-corrected chi connectivity index (χ3v) is 2.06. The van der Waals surface area contributed by atoms with Crippen LogP contribution in [0, 0.1) is 0 Å². The molecule has 0 aliphatic carbocycles. The summed E-state index contributed by atoms with van der Waals surface area (Å²) in [6.07, 6.45) is 1.61. The zero-order valence-corrected chi connectivity index (χ0v) is 9.81. The van der Waals surface area contributed by atoms with Gasteiger partial charge >= 0.3 is 0 Å². The van der Waals surface area contributed by atoms with Crippen molar-refractivity contribution in [3.8, 4) is 0 Å². The van der Waals surface area contributed by atoms with E-state index in [0.717, 1.165) is 5.69 Å². The number of anilines is 2. The van der Waals surface area contributed by atoms with Crippen LogP contribution in [-0.2, 0) is 6.54 Å². The van der Waals surface area contributed by atoms with Gasteiger partial charge < -0.3 is 10.6 Å². The van der Waals surface area contributed by atoms with Crippen molar-refractivity contribution in [1.82, 2.24) is 25.1 Å². The Bertz CT molecular complexity index is 490. The molecule has 0 amide bonds. The molecule has 0 unspecified atom stereocenters. The Morgan fingerprint density at radius 3 is 2.76 bits per heavy atom. The Hall–Kier alpha value is -2.02. The lowest BCUT2D eigenvalue weighted by Crippen LogP contribution is -2.08. The average molecular weight is 252 g/mol. The minimum Gasteiger partial charge on any atom is -0.357 e. The van der Waals surface area contributed by atoms with Crippen molar-refractivity contribution in [3.05, 3.63) is 29.3 Å². The van der Waals surface area contributed by atoms with Crippen LogP contribution in [0.15, 0.2) is 18.3 Å². The molecule has 0 fully saturated rings. The summed E-state index contributed by atoms with van der Waals surface area (Å²) in [5.74, 6) is 0.798. The standard InChI is InChI=1S/C9H10ClN7/c1-11-8-14-7(10)15-9(16-8)12-5-6-3-2-4-13-17-6/h2-4H,5H2,1H3,(H2,11,12,14,15,16). The van der Waals surface area contributed by atoms with Crippen molar-refractivity contribution < 1.29 is 0 Å². The molecule has 0 aliphatic rings. The van der Waals surface area contributed by atoms with Crippen LogP contribution in [0.4, 0.5) is 11.9 Å². The Kier molecular flexibility index (Phi) is 3.61. The van der Waals surface area contributed by atoms with Gasteiger partial charge in [-0.1, -0.05) is 0 Å². The average Bonchev–Trinajstić information content (AvgIpc) is 2.37. The molecule has 0 radical (unpaired) electrons. The first kappa shape index (κ1) is 11.5. The molecule has 2 heterocycles. The molecular weight excluding hydrogens is 242 g/mol. The molecule has 0 atom stereocenters. The quantitative estimate of drug-likeness (QED) is 0.837. The van der Waals surface area contributed by atoms with Crippen molar-refractivity contribution in [2.75, 3.05) is 17.7 Å². The molecule has 0 aliphatic heterocycles. The van der Waals surface area contributed by atoms with Crippen LogP contribution in [0.5, 0.6) is 0 Å². The summed E-state index contributed by atoms with van der Waals surface area (Å²) in [5, 5.41) is 13.6. The van der Waals surface area contributed by atoms with Gasteiger partial charge in [0.25, 0.3) is 0 Å². The minimum absolute atomic E-state index is 0.131. The molecule has 0 spiro atoms. The summed E-state index contributed by atoms with van der Waals surface area (Å²) >= 11 is 5.74. The van der Waals surface area contributed by atoms with Gasteiger partial charge in [0, 0.05) is 13.2 Å². The normalized spacial score (nSPS) is 10.0. The fourth-order valence-corrected chi connectivity index (χ4v) is 1.30. The van der Waals surface area contributed by atoms with E-state index in [9.17, 15) is 0 Å². The molecule has 17 heavy (non-hydrogen) atoms. The smallest absolute Gasteiger partial charge is 0.229 e. The molecule has 2 N–H and O–H groups in total. The number of rotatable bonds is 4. The van der Waals surface area contributed by atoms with Crippen LogP contribution in [0.2, 0.25) is 5.28 Å². The maximum atomic E-state index is 5.74. The molecule has 0 bridgehead atoms. The largest absolute Gasteiger partial charge is 0.357 e. The van der Waals surface area contributed by atoms with Crippen LogP contribution < -0.4 is 10.6 Å². The first-order valence-electron chi connectivity index (χ1n) is 4.87. The Morgan fingerprint density at radius 2 is 2.06 bits per heavy atom. The van der Waals surface area contributed by atoms with E-state index in [1.54, 1.807) is 13.2 Å². The van der Waals surface area contributed by atoms with Crippen molar-refractivity contribution >= 4 is 23.5 Å². The number of nitrogens with zero attached hydrogens (tertiary/aromatic N) is 5. The Labute approximate surface area is 103 Å². The maximum Gasteiger partial charge on any atom is 0.229 e. The topological polar surface area (TPSA) is 88.5 Å². The number of hydrogen-bond donors (Lipinski definition) is 2. The second-order valence-corrected chi connectivity index (χ2v) is 3.41. The summed E-state index contributed by atoms with van der Waals surface area (Å²) in [5.41, 5.74) is 0.787. The number of hydrogen-bond acceptors (Lipinski definition) is 7. The van der Waals surface area contributed by atoms with E-state index in [2.05, 4.69) is 35.8 Å². The highest BCUT2D eigenvalue weighted by atomic mass is 35.5. The van der Waals surface area contributed by atoms with E-state index in [0.29, 0.717) is 18.4 Å². The molecule has 7 nitrogen and oxygen atoms in total. The molecular formula is C9H10ClN7.